The molecule has 1 aromatic carbocycles. The third kappa shape index (κ3) is 2.14. The Morgan fingerprint density at radius 1 is 1.29 bits per heavy atom. The highest BCUT2D eigenvalue weighted by molar-refractivity contribution is 6.05. The minimum atomic E-state index is -0.696. The van der Waals surface area contributed by atoms with Gasteiger partial charge in [-0.3, -0.25) is 4.79 Å². The zero-order valence-electron chi connectivity index (χ0n) is 8.84. The van der Waals surface area contributed by atoms with Gasteiger partial charge in [0.05, 0.1) is 23.4 Å². The molecule has 5 nitrogen and oxygen atoms in total. The molecular formula is C12H8N4O. The number of nitrogens with one attached hydrogen (secondary N) is 1. The van der Waals surface area contributed by atoms with Gasteiger partial charge in [0.25, 0.3) is 5.91 Å². The lowest BCUT2D eigenvalue weighted by Crippen LogP contribution is -2.33. The maximum Gasteiger partial charge on any atom is 0.257 e. The minimum absolute atomic E-state index is 0.300. The number of benzene rings is 1. The van der Waals surface area contributed by atoms with E-state index in [1.165, 1.54) is 0 Å². The molecule has 1 heterocycles. The van der Waals surface area contributed by atoms with E-state index in [0.717, 1.165) is 5.56 Å². The largest absolute Gasteiger partial charge is 0.272 e. The van der Waals surface area contributed by atoms with Gasteiger partial charge in [-0.15, -0.1) is 0 Å². The van der Waals surface area contributed by atoms with Crippen molar-refractivity contribution < 1.29 is 4.79 Å². The molecule has 0 fully saturated rings. The lowest BCUT2D eigenvalue weighted by molar-refractivity contribution is -0.123. The second-order valence-corrected chi connectivity index (χ2v) is 3.61. The summed E-state index contributed by atoms with van der Waals surface area (Å²) in [6.45, 7) is 0. The van der Waals surface area contributed by atoms with Crippen LogP contribution in [-0.4, -0.2) is 11.6 Å². The first-order valence-electron chi connectivity index (χ1n) is 5.01. The Balaban J connectivity index is 2.27. The number of rotatable bonds is 1. The lowest BCUT2D eigenvalue weighted by atomic mass is 9.96. The van der Waals surface area contributed by atoms with E-state index >= 15 is 0 Å². The topological polar surface area (TPSA) is 89.0 Å². The number of amides is 1. The number of hydrogen-bond acceptors (Lipinski definition) is 4. The molecule has 0 saturated heterocycles. The summed E-state index contributed by atoms with van der Waals surface area (Å²) in [7, 11) is 0. The molecular weight excluding hydrogens is 216 g/mol. The Hall–Kier alpha value is -2.66. The number of nitrogens with zero attached hydrogens (tertiary/aromatic N) is 3. The summed E-state index contributed by atoms with van der Waals surface area (Å²) in [6.07, 6.45) is 0.300. The summed E-state index contributed by atoms with van der Waals surface area (Å²) >= 11 is 0. The molecule has 0 aromatic heterocycles. The predicted molar refractivity (Wildman–Crippen MR) is 59.6 cm³/mol. The number of hydrazone groups is 1. The van der Waals surface area contributed by atoms with Crippen LogP contribution in [0.5, 0.6) is 0 Å². The SMILES string of the molecule is N#Cc1ccc(C2=NNC(=O)C(C#N)C2)cc1. The summed E-state index contributed by atoms with van der Waals surface area (Å²) in [5, 5.41) is 21.4. The molecule has 0 aliphatic carbocycles. The molecule has 1 unspecified atom stereocenters. The van der Waals surface area contributed by atoms with Crippen LogP contribution in [0.2, 0.25) is 0 Å². The van der Waals surface area contributed by atoms with Gasteiger partial charge in [0, 0.05) is 6.42 Å². The predicted octanol–water partition coefficient (Wildman–Crippen LogP) is 0.922. The average molecular weight is 224 g/mol. The highest BCUT2D eigenvalue weighted by Crippen LogP contribution is 2.15. The highest BCUT2D eigenvalue weighted by Gasteiger charge is 2.25. The molecule has 0 bridgehead atoms. The summed E-state index contributed by atoms with van der Waals surface area (Å²) < 4.78 is 0. The number of nitriles is 2. The maximum absolute atomic E-state index is 11.2. The van der Waals surface area contributed by atoms with Gasteiger partial charge in [0.1, 0.15) is 5.92 Å². The molecule has 82 valence electrons. The van der Waals surface area contributed by atoms with Crippen molar-refractivity contribution in [2.75, 3.05) is 0 Å². The van der Waals surface area contributed by atoms with Crippen LogP contribution in [0.15, 0.2) is 29.4 Å². The van der Waals surface area contributed by atoms with Crippen molar-refractivity contribution in [3.05, 3.63) is 35.4 Å². The van der Waals surface area contributed by atoms with Gasteiger partial charge in [-0.05, 0) is 17.7 Å². The van der Waals surface area contributed by atoms with Crippen LogP contribution >= 0.6 is 0 Å². The number of carbonyl (C=O) groups excluding carboxylic acids is 1. The van der Waals surface area contributed by atoms with Crippen LogP contribution in [-0.2, 0) is 4.79 Å². The fraction of sp³-hybridized carbons (Fsp3) is 0.167. The van der Waals surface area contributed by atoms with Crippen molar-refractivity contribution in [3.8, 4) is 12.1 Å². The van der Waals surface area contributed by atoms with Crippen LogP contribution in [0.4, 0.5) is 0 Å². The molecule has 1 aliphatic heterocycles. The molecule has 0 radical (unpaired) electrons. The quantitative estimate of drug-likeness (QED) is 0.769. The molecule has 1 aliphatic rings. The van der Waals surface area contributed by atoms with Crippen molar-refractivity contribution in [3.63, 3.8) is 0 Å². The first-order valence-corrected chi connectivity index (χ1v) is 5.01. The van der Waals surface area contributed by atoms with Crippen LogP contribution < -0.4 is 5.43 Å². The molecule has 2 rings (SSSR count). The second kappa shape index (κ2) is 4.46. The van der Waals surface area contributed by atoms with E-state index in [-0.39, 0.29) is 5.91 Å². The van der Waals surface area contributed by atoms with Gasteiger partial charge in [0.2, 0.25) is 0 Å². The molecule has 1 atom stereocenters. The Kier molecular flexibility index (Phi) is 2.85. The third-order valence-corrected chi connectivity index (χ3v) is 2.52. The summed E-state index contributed by atoms with van der Waals surface area (Å²) in [4.78, 5) is 11.2. The van der Waals surface area contributed by atoms with E-state index in [1.54, 1.807) is 24.3 Å². The first kappa shape index (κ1) is 10.8. The molecule has 0 spiro atoms. The van der Waals surface area contributed by atoms with Crippen molar-refractivity contribution in [1.82, 2.24) is 5.43 Å². The van der Waals surface area contributed by atoms with Gasteiger partial charge in [0.15, 0.2) is 0 Å². The van der Waals surface area contributed by atoms with Crippen LogP contribution in [0, 0.1) is 28.6 Å². The molecule has 5 heteroatoms. The Morgan fingerprint density at radius 2 is 2.00 bits per heavy atom. The van der Waals surface area contributed by atoms with Gasteiger partial charge in [-0.25, -0.2) is 5.43 Å². The molecule has 1 N–H and O–H groups in total. The van der Waals surface area contributed by atoms with Crippen molar-refractivity contribution in [2.45, 2.75) is 6.42 Å². The molecule has 17 heavy (non-hydrogen) atoms. The van der Waals surface area contributed by atoms with E-state index in [1.807, 2.05) is 12.1 Å². The smallest absolute Gasteiger partial charge is 0.257 e. The monoisotopic (exact) mass is 224 g/mol. The van der Waals surface area contributed by atoms with E-state index in [0.29, 0.717) is 17.7 Å². The summed E-state index contributed by atoms with van der Waals surface area (Å²) in [5.74, 6) is -1.07. The van der Waals surface area contributed by atoms with E-state index in [4.69, 9.17) is 10.5 Å². The minimum Gasteiger partial charge on any atom is -0.272 e. The van der Waals surface area contributed by atoms with Gasteiger partial charge < -0.3 is 0 Å². The van der Waals surface area contributed by atoms with E-state index in [2.05, 4.69) is 10.5 Å². The number of carbonyl (C=O) groups is 1. The van der Waals surface area contributed by atoms with Gasteiger partial charge in [-0.1, -0.05) is 12.1 Å². The highest BCUT2D eigenvalue weighted by atomic mass is 16.2. The Bertz CT molecular complexity index is 560. The Labute approximate surface area is 98.0 Å². The second-order valence-electron chi connectivity index (χ2n) is 3.61. The lowest BCUT2D eigenvalue weighted by Gasteiger charge is -2.16. The normalized spacial score (nSPS) is 18.6. The molecule has 1 aromatic rings. The van der Waals surface area contributed by atoms with Crippen molar-refractivity contribution >= 4 is 11.6 Å². The molecule has 1 amide bonds. The standard InChI is InChI=1S/C12H8N4O/c13-6-8-1-3-9(4-2-8)11-5-10(7-14)12(17)16-15-11/h1-4,10H,5H2,(H,16,17). The maximum atomic E-state index is 11.2. The van der Waals surface area contributed by atoms with Crippen molar-refractivity contribution in [2.24, 2.45) is 11.0 Å². The van der Waals surface area contributed by atoms with Crippen molar-refractivity contribution in [1.29, 1.82) is 10.5 Å². The fourth-order valence-electron chi connectivity index (χ4n) is 1.56. The summed E-state index contributed by atoms with van der Waals surface area (Å²) in [5.41, 5.74) is 4.35. The zero-order valence-corrected chi connectivity index (χ0v) is 8.84. The average Bonchev–Trinajstić information content (AvgIpc) is 2.39. The van der Waals surface area contributed by atoms with Gasteiger partial charge in [-0.2, -0.15) is 15.6 Å². The summed E-state index contributed by atoms with van der Waals surface area (Å²) in [6, 6.07) is 10.8. The van der Waals surface area contributed by atoms with Gasteiger partial charge >= 0.3 is 0 Å². The van der Waals surface area contributed by atoms with E-state index in [9.17, 15) is 4.79 Å². The zero-order chi connectivity index (χ0) is 12.3. The Morgan fingerprint density at radius 3 is 2.59 bits per heavy atom. The third-order valence-electron chi connectivity index (χ3n) is 2.52. The first-order chi connectivity index (χ1) is 8.24. The molecule has 0 saturated carbocycles. The van der Waals surface area contributed by atoms with E-state index < -0.39 is 5.92 Å². The fourth-order valence-corrected chi connectivity index (χ4v) is 1.56. The van der Waals surface area contributed by atoms with Crippen LogP contribution in [0.3, 0.4) is 0 Å². The number of hydrogen-bond donors (Lipinski definition) is 1. The van der Waals surface area contributed by atoms with Crippen LogP contribution in [0.1, 0.15) is 17.5 Å². The van der Waals surface area contributed by atoms with Crippen LogP contribution in [0.25, 0.3) is 0 Å².